The lowest BCUT2D eigenvalue weighted by Crippen LogP contribution is -2.75. The van der Waals surface area contributed by atoms with Gasteiger partial charge in [0.1, 0.15) is 0 Å². The van der Waals surface area contributed by atoms with E-state index >= 15 is 0 Å². The minimum absolute atomic E-state index is 1.14. The highest BCUT2D eigenvalue weighted by Gasteiger charge is 2.43. The molecule has 3 aromatic heterocycles. The second-order valence-corrected chi connectivity index (χ2v) is 20.6. The Hall–Kier alpha value is -8.18. The first-order valence-corrected chi connectivity index (χ1v) is 24.1. The molecular formula is C60H41N3Si. The molecule has 3 nitrogen and oxygen atoms in total. The Balaban J connectivity index is 1.10. The topological polar surface area (TPSA) is 14.8 Å². The molecule has 0 aliphatic heterocycles. The number of rotatable bonds is 7. The smallest absolute Gasteiger partial charge is 0.181 e. The molecule has 0 aliphatic carbocycles. The predicted octanol–water partition coefficient (Wildman–Crippen LogP) is 12.4. The van der Waals surface area contributed by atoms with E-state index in [0.29, 0.717) is 0 Å². The average molecular weight is 832 g/mol. The van der Waals surface area contributed by atoms with Crippen LogP contribution in [0.4, 0.5) is 0 Å². The number of hydrogen-bond donors (Lipinski definition) is 0. The SMILES string of the molecule is c1ccc(-n2c3ccccc3c3c4c5ccccc5n(-c5ccc([Si](c6ccccc6)(c6ccccc6)c6cccc7c8ccccc8n(-c8ccccc8)c67)cc5)c4ccc32)cc1. The van der Waals surface area contributed by atoms with Gasteiger partial charge in [0.2, 0.25) is 0 Å². The van der Waals surface area contributed by atoms with Crippen LogP contribution in [-0.2, 0) is 0 Å². The molecule has 10 aromatic carbocycles. The van der Waals surface area contributed by atoms with Crippen molar-refractivity contribution >= 4 is 94.2 Å². The van der Waals surface area contributed by atoms with Crippen molar-refractivity contribution in [2.45, 2.75) is 0 Å². The summed E-state index contributed by atoms with van der Waals surface area (Å²) in [6, 6.07) is 92.3. The molecule has 0 amide bonds. The van der Waals surface area contributed by atoms with Gasteiger partial charge in [0.25, 0.3) is 0 Å². The van der Waals surface area contributed by atoms with E-state index in [1.165, 1.54) is 86.2 Å². The van der Waals surface area contributed by atoms with Crippen LogP contribution in [0.15, 0.2) is 249 Å². The van der Waals surface area contributed by atoms with E-state index in [1.54, 1.807) is 0 Å². The van der Waals surface area contributed by atoms with Gasteiger partial charge >= 0.3 is 0 Å². The largest absolute Gasteiger partial charge is 0.309 e. The quantitative estimate of drug-likeness (QED) is 0.112. The molecule has 0 aliphatic rings. The normalized spacial score (nSPS) is 12.1. The number of nitrogens with zero attached hydrogens (tertiary/aromatic N) is 3. The van der Waals surface area contributed by atoms with Crippen LogP contribution in [0.1, 0.15) is 0 Å². The van der Waals surface area contributed by atoms with Crippen LogP contribution in [-0.4, -0.2) is 21.8 Å². The van der Waals surface area contributed by atoms with Gasteiger partial charge < -0.3 is 13.7 Å². The van der Waals surface area contributed by atoms with Crippen molar-refractivity contribution < 1.29 is 0 Å². The zero-order valence-corrected chi connectivity index (χ0v) is 36.0. The maximum atomic E-state index is 2.51. The minimum Gasteiger partial charge on any atom is -0.309 e. The molecule has 0 bridgehead atoms. The van der Waals surface area contributed by atoms with Gasteiger partial charge in [-0.2, -0.15) is 0 Å². The summed E-state index contributed by atoms with van der Waals surface area (Å²) in [5, 5.41) is 13.0. The van der Waals surface area contributed by atoms with Crippen LogP contribution in [0.5, 0.6) is 0 Å². The molecule has 64 heavy (non-hydrogen) atoms. The molecule has 13 aromatic rings. The number of para-hydroxylation sites is 6. The van der Waals surface area contributed by atoms with Crippen molar-refractivity contribution in [2.75, 3.05) is 0 Å². The van der Waals surface area contributed by atoms with E-state index in [1.807, 2.05) is 0 Å². The van der Waals surface area contributed by atoms with Gasteiger partial charge in [-0.15, -0.1) is 0 Å². The van der Waals surface area contributed by atoms with Gasteiger partial charge in [0.15, 0.2) is 8.07 Å². The molecule has 4 heteroatoms. The number of benzene rings is 10. The van der Waals surface area contributed by atoms with Gasteiger partial charge in [-0.1, -0.05) is 182 Å². The van der Waals surface area contributed by atoms with Crippen molar-refractivity contribution in [1.29, 1.82) is 0 Å². The van der Waals surface area contributed by atoms with Gasteiger partial charge in [0, 0.05) is 49.4 Å². The van der Waals surface area contributed by atoms with Gasteiger partial charge in [-0.3, -0.25) is 0 Å². The fraction of sp³-hybridized carbons (Fsp3) is 0. The monoisotopic (exact) mass is 831 g/mol. The van der Waals surface area contributed by atoms with E-state index in [-0.39, 0.29) is 0 Å². The molecular weight excluding hydrogens is 791 g/mol. The number of aromatic nitrogens is 3. The van der Waals surface area contributed by atoms with E-state index < -0.39 is 8.07 Å². The Morgan fingerprint density at radius 1 is 0.234 bits per heavy atom. The van der Waals surface area contributed by atoms with Crippen molar-refractivity contribution in [1.82, 2.24) is 13.7 Å². The first-order valence-electron chi connectivity index (χ1n) is 22.1. The molecule has 3 heterocycles. The minimum atomic E-state index is -3.04. The van der Waals surface area contributed by atoms with Crippen LogP contribution >= 0.6 is 0 Å². The summed E-state index contributed by atoms with van der Waals surface area (Å²) in [7, 11) is -3.04. The summed E-state index contributed by atoms with van der Waals surface area (Å²) in [5.41, 5.74) is 10.8. The molecule has 0 saturated heterocycles. The third-order valence-electron chi connectivity index (χ3n) is 13.6. The van der Waals surface area contributed by atoms with Gasteiger partial charge in [0.05, 0.1) is 33.1 Å². The molecule has 0 saturated carbocycles. The third kappa shape index (κ3) is 5.21. The van der Waals surface area contributed by atoms with Crippen LogP contribution in [0, 0.1) is 0 Å². The van der Waals surface area contributed by atoms with Crippen molar-refractivity contribution in [2.24, 2.45) is 0 Å². The summed E-state index contributed by atoms with van der Waals surface area (Å²) >= 11 is 0. The first-order chi connectivity index (χ1) is 31.8. The highest BCUT2D eigenvalue weighted by Crippen LogP contribution is 2.42. The average Bonchev–Trinajstić information content (AvgIpc) is 4.02. The zero-order chi connectivity index (χ0) is 42.2. The van der Waals surface area contributed by atoms with Gasteiger partial charge in [-0.05, 0) is 87.5 Å². The molecule has 0 radical (unpaired) electrons. The van der Waals surface area contributed by atoms with Gasteiger partial charge in [-0.25, -0.2) is 0 Å². The highest BCUT2D eigenvalue weighted by atomic mass is 28.3. The third-order valence-corrected chi connectivity index (χ3v) is 18.4. The Morgan fingerprint density at radius 2 is 0.609 bits per heavy atom. The molecule has 300 valence electrons. The second kappa shape index (κ2) is 14.5. The Morgan fingerprint density at radius 3 is 1.12 bits per heavy atom. The van der Waals surface area contributed by atoms with Crippen LogP contribution in [0.3, 0.4) is 0 Å². The van der Waals surface area contributed by atoms with Crippen LogP contribution < -0.4 is 20.7 Å². The zero-order valence-electron chi connectivity index (χ0n) is 35.0. The van der Waals surface area contributed by atoms with Crippen molar-refractivity contribution in [3.8, 4) is 17.1 Å². The molecule has 0 N–H and O–H groups in total. The Bertz CT molecular complexity index is 3830. The summed E-state index contributed by atoms with van der Waals surface area (Å²) in [4.78, 5) is 0. The van der Waals surface area contributed by atoms with E-state index in [2.05, 4.69) is 262 Å². The van der Waals surface area contributed by atoms with Crippen molar-refractivity contribution in [3.63, 3.8) is 0 Å². The highest BCUT2D eigenvalue weighted by molar-refractivity contribution is 7.20. The molecule has 13 rings (SSSR count). The summed E-state index contributed by atoms with van der Waals surface area (Å²) in [6.07, 6.45) is 0. The summed E-state index contributed by atoms with van der Waals surface area (Å²) < 4.78 is 7.40. The Kier molecular flexibility index (Phi) is 8.23. The Labute approximate surface area is 372 Å². The maximum Gasteiger partial charge on any atom is 0.181 e. The fourth-order valence-corrected chi connectivity index (χ4v) is 16.0. The van der Waals surface area contributed by atoms with Crippen LogP contribution in [0.25, 0.3) is 82.5 Å². The fourth-order valence-electron chi connectivity index (χ4n) is 11.0. The molecule has 0 atom stereocenters. The van der Waals surface area contributed by atoms with E-state index in [9.17, 15) is 0 Å². The summed E-state index contributed by atoms with van der Waals surface area (Å²) in [6.45, 7) is 0. The standard InChI is InChI=1S/C60H41N3Si/c1-5-20-42(21-6-1)61-53-33-17-14-29-50(53)58-55(61)40-41-56-59(58)51-30-15-18-34-54(51)62(56)44-36-38-47(39-37-44)64(45-24-9-3-10-25-45,46-26-11-4-12-27-46)57-35-19-31-49-48-28-13-16-32-52(48)63(60(49)57)43-22-7-2-8-23-43/h1-41H. The second-order valence-electron chi connectivity index (χ2n) is 16.8. The lowest BCUT2D eigenvalue weighted by atomic mass is 10.1. The first kappa shape index (κ1) is 36.5. The van der Waals surface area contributed by atoms with E-state index in [4.69, 9.17) is 0 Å². The predicted molar refractivity (Wildman–Crippen MR) is 273 cm³/mol. The molecule has 0 unspecified atom stereocenters. The lowest BCUT2D eigenvalue weighted by Gasteiger charge is -2.35. The molecule has 0 spiro atoms. The number of hydrogen-bond acceptors (Lipinski definition) is 0. The van der Waals surface area contributed by atoms with E-state index in [0.717, 1.165) is 17.1 Å². The van der Waals surface area contributed by atoms with Crippen LogP contribution in [0.2, 0.25) is 0 Å². The number of fused-ring (bicyclic) bond motifs is 10. The lowest BCUT2D eigenvalue weighted by molar-refractivity contribution is 1.17. The summed E-state index contributed by atoms with van der Waals surface area (Å²) in [5.74, 6) is 0. The molecule has 0 fully saturated rings. The van der Waals surface area contributed by atoms with Crippen molar-refractivity contribution in [3.05, 3.63) is 249 Å². The maximum absolute atomic E-state index is 3.04.